The molecule has 126 valence electrons. The summed E-state index contributed by atoms with van der Waals surface area (Å²) in [5.41, 5.74) is 2.88. The van der Waals surface area contributed by atoms with E-state index in [0.717, 1.165) is 23.2 Å². The van der Waals surface area contributed by atoms with Crippen LogP contribution in [0.25, 0.3) is 0 Å². The molecule has 0 atom stereocenters. The molecule has 2 aromatic carbocycles. The lowest BCUT2D eigenvalue weighted by Gasteiger charge is -2.18. The van der Waals surface area contributed by atoms with Crippen molar-refractivity contribution in [1.29, 1.82) is 0 Å². The van der Waals surface area contributed by atoms with Gasteiger partial charge in [-0.2, -0.15) is 0 Å². The van der Waals surface area contributed by atoms with Gasteiger partial charge in [-0.05, 0) is 23.6 Å². The first-order valence-corrected chi connectivity index (χ1v) is 8.00. The van der Waals surface area contributed by atoms with Crippen LogP contribution in [0.2, 0.25) is 0 Å². The zero-order valence-corrected chi connectivity index (χ0v) is 14.1. The van der Waals surface area contributed by atoms with Crippen LogP contribution in [0.3, 0.4) is 0 Å². The summed E-state index contributed by atoms with van der Waals surface area (Å²) in [4.78, 5) is 25.6. The summed E-state index contributed by atoms with van der Waals surface area (Å²) in [6, 6.07) is 17.0. The molecule has 2 aromatic rings. The average molecular weight is 325 g/mol. The number of rotatable bonds is 6. The fourth-order valence-corrected chi connectivity index (χ4v) is 2.34. The van der Waals surface area contributed by atoms with Gasteiger partial charge in [0.2, 0.25) is 5.91 Å². The van der Waals surface area contributed by atoms with Crippen molar-refractivity contribution in [3.63, 3.8) is 0 Å². The lowest BCUT2D eigenvalue weighted by Crippen LogP contribution is -2.41. The lowest BCUT2D eigenvalue weighted by molar-refractivity contribution is -0.116. The quantitative estimate of drug-likeness (QED) is 0.857. The molecule has 0 aromatic heterocycles. The smallest absolute Gasteiger partial charge is 0.317 e. The number of nitrogens with one attached hydrogen (secondary N) is 2. The van der Waals surface area contributed by atoms with Crippen molar-refractivity contribution in [3.05, 3.63) is 65.7 Å². The van der Waals surface area contributed by atoms with Crippen LogP contribution in [0.1, 0.15) is 18.1 Å². The van der Waals surface area contributed by atoms with Crippen molar-refractivity contribution in [2.24, 2.45) is 0 Å². The van der Waals surface area contributed by atoms with Crippen molar-refractivity contribution in [2.75, 3.05) is 18.9 Å². The highest BCUT2D eigenvalue weighted by molar-refractivity contribution is 5.94. The van der Waals surface area contributed by atoms with Crippen LogP contribution in [-0.2, 0) is 17.8 Å². The third-order valence-corrected chi connectivity index (χ3v) is 3.69. The van der Waals surface area contributed by atoms with Gasteiger partial charge in [-0.3, -0.25) is 4.79 Å². The van der Waals surface area contributed by atoms with E-state index in [2.05, 4.69) is 10.6 Å². The van der Waals surface area contributed by atoms with E-state index in [4.69, 9.17) is 0 Å². The van der Waals surface area contributed by atoms with Gasteiger partial charge in [0.15, 0.2) is 0 Å². The number of aryl methyl sites for hydroxylation is 1. The summed E-state index contributed by atoms with van der Waals surface area (Å²) >= 11 is 0. The zero-order valence-electron chi connectivity index (χ0n) is 14.1. The van der Waals surface area contributed by atoms with Gasteiger partial charge in [0.25, 0.3) is 0 Å². The summed E-state index contributed by atoms with van der Waals surface area (Å²) < 4.78 is 0. The van der Waals surface area contributed by atoms with Crippen molar-refractivity contribution >= 4 is 17.6 Å². The van der Waals surface area contributed by atoms with Gasteiger partial charge in [-0.25, -0.2) is 4.79 Å². The van der Waals surface area contributed by atoms with Crippen LogP contribution < -0.4 is 10.6 Å². The molecule has 0 saturated carbocycles. The molecule has 0 saturated heterocycles. The number of nitrogens with zero attached hydrogens (tertiary/aromatic N) is 1. The molecule has 2 rings (SSSR count). The van der Waals surface area contributed by atoms with E-state index in [1.807, 2.05) is 61.5 Å². The van der Waals surface area contributed by atoms with E-state index in [1.54, 1.807) is 7.05 Å². The van der Waals surface area contributed by atoms with Crippen LogP contribution in [0.4, 0.5) is 10.5 Å². The molecular weight excluding hydrogens is 302 g/mol. The highest BCUT2D eigenvalue weighted by atomic mass is 16.2. The Kier molecular flexibility index (Phi) is 6.37. The monoisotopic (exact) mass is 325 g/mol. The summed E-state index contributed by atoms with van der Waals surface area (Å²) in [6.07, 6.45) is 0.837. The molecule has 0 aliphatic carbocycles. The Hall–Kier alpha value is -2.82. The van der Waals surface area contributed by atoms with Crippen molar-refractivity contribution in [3.8, 4) is 0 Å². The Morgan fingerprint density at radius 2 is 1.67 bits per heavy atom. The number of benzene rings is 2. The molecule has 0 unspecified atom stereocenters. The second-order valence-electron chi connectivity index (χ2n) is 5.56. The molecule has 5 nitrogen and oxygen atoms in total. The Morgan fingerprint density at radius 3 is 2.38 bits per heavy atom. The van der Waals surface area contributed by atoms with Crippen LogP contribution in [0, 0.1) is 0 Å². The molecular formula is C19H23N3O2. The molecule has 5 heteroatoms. The predicted octanol–water partition coefficient (Wildman–Crippen LogP) is 3.03. The fraction of sp³-hybridized carbons (Fsp3) is 0.263. The number of para-hydroxylation sites is 1. The molecule has 0 aliphatic heterocycles. The Bertz CT molecular complexity index is 686. The maximum absolute atomic E-state index is 12.1. The van der Waals surface area contributed by atoms with E-state index < -0.39 is 0 Å². The third-order valence-electron chi connectivity index (χ3n) is 3.69. The normalized spacial score (nSPS) is 10.1. The maximum Gasteiger partial charge on any atom is 0.317 e. The number of anilines is 1. The molecule has 0 spiro atoms. The Labute approximate surface area is 142 Å². The number of carbonyl (C=O) groups is 2. The van der Waals surface area contributed by atoms with Gasteiger partial charge in [0.05, 0.1) is 0 Å². The van der Waals surface area contributed by atoms with E-state index >= 15 is 0 Å². The minimum absolute atomic E-state index is 0.00132. The molecule has 2 N–H and O–H groups in total. The van der Waals surface area contributed by atoms with Crippen molar-refractivity contribution in [2.45, 2.75) is 19.9 Å². The molecule has 0 fully saturated rings. The van der Waals surface area contributed by atoms with Crippen LogP contribution in [-0.4, -0.2) is 30.4 Å². The number of carbonyl (C=O) groups excluding carboxylic acids is 2. The second-order valence-corrected chi connectivity index (χ2v) is 5.56. The summed E-state index contributed by atoms with van der Waals surface area (Å²) in [7, 11) is 1.60. The second kappa shape index (κ2) is 8.72. The van der Waals surface area contributed by atoms with Gasteiger partial charge in [0.1, 0.15) is 6.54 Å². The SMILES string of the molecule is CCc1ccccc1NC(=O)CN(C)C(=O)NCc1ccccc1. The average Bonchev–Trinajstić information content (AvgIpc) is 2.60. The van der Waals surface area contributed by atoms with E-state index in [-0.39, 0.29) is 18.5 Å². The first-order chi connectivity index (χ1) is 11.6. The van der Waals surface area contributed by atoms with Crippen LogP contribution in [0.5, 0.6) is 0 Å². The maximum atomic E-state index is 12.1. The number of likely N-dealkylation sites (N-methyl/N-ethyl adjacent to an activating group) is 1. The van der Waals surface area contributed by atoms with Gasteiger partial charge < -0.3 is 15.5 Å². The van der Waals surface area contributed by atoms with Crippen molar-refractivity contribution in [1.82, 2.24) is 10.2 Å². The molecule has 0 aliphatic rings. The first kappa shape index (κ1) is 17.5. The topological polar surface area (TPSA) is 61.4 Å². The predicted molar refractivity (Wildman–Crippen MR) is 95.8 cm³/mol. The summed E-state index contributed by atoms with van der Waals surface area (Å²) in [5.74, 6) is -0.215. The van der Waals surface area contributed by atoms with Crippen molar-refractivity contribution < 1.29 is 9.59 Å². The number of urea groups is 1. The third kappa shape index (κ3) is 5.12. The van der Waals surface area contributed by atoms with E-state index in [1.165, 1.54) is 4.90 Å². The van der Waals surface area contributed by atoms with Crippen LogP contribution >= 0.6 is 0 Å². The molecule has 24 heavy (non-hydrogen) atoms. The largest absolute Gasteiger partial charge is 0.334 e. The molecule has 3 amide bonds. The molecule has 0 bridgehead atoms. The Morgan fingerprint density at radius 1 is 1.00 bits per heavy atom. The first-order valence-electron chi connectivity index (χ1n) is 8.00. The fourth-order valence-electron chi connectivity index (χ4n) is 2.34. The summed E-state index contributed by atoms with van der Waals surface area (Å²) in [5, 5.41) is 5.66. The molecule has 0 radical (unpaired) electrons. The number of hydrogen-bond acceptors (Lipinski definition) is 2. The van der Waals surface area contributed by atoms with Gasteiger partial charge >= 0.3 is 6.03 Å². The minimum atomic E-state index is -0.280. The Balaban J connectivity index is 1.83. The highest BCUT2D eigenvalue weighted by Gasteiger charge is 2.13. The van der Waals surface area contributed by atoms with Crippen LogP contribution in [0.15, 0.2) is 54.6 Å². The van der Waals surface area contributed by atoms with Gasteiger partial charge in [0, 0.05) is 19.3 Å². The van der Waals surface area contributed by atoms with E-state index in [0.29, 0.717) is 6.54 Å². The van der Waals surface area contributed by atoms with Gasteiger partial charge in [-0.1, -0.05) is 55.5 Å². The minimum Gasteiger partial charge on any atom is -0.334 e. The highest BCUT2D eigenvalue weighted by Crippen LogP contribution is 2.15. The zero-order chi connectivity index (χ0) is 17.4. The summed E-state index contributed by atoms with van der Waals surface area (Å²) in [6.45, 7) is 2.47. The molecule has 0 heterocycles. The van der Waals surface area contributed by atoms with E-state index in [9.17, 15) is 9.59 Å². The number of amides is 3. The standard InChI is InChI=1S/C19H23N3O2/c1-3-16-11-7-8-12-17(16)21-18(23)14-22(2)19(24)20-13-15-9-5-4-6-10-15/h4-12H,3,13-14H2,1-2H3,(H,20,24)(H,21,23). The van der Waals surface area contributed by atoms with Gasteiger partial charge in [-0.15, -0.1) is 0 Å². The number of hydrogen-bond donors (Lipinski definition) is 2. The lowest BCUT2D eigenvalue weighted by atomic mass is 10.1.